The molecule has 0 aliphatic heterocycles. The van der Waals surface area contributed by atoms with Crippen molar-refractivity contribution in [2.24, 2.45) is 5.41 Å². The first kappa shape index (κ1) is 21.1. The zero-order valence-corrected chi connectivity index (χ0v) is 18.9. The summed E-state index contributed by atoms with van der Waals surface area (Å²) in [7, 11) is 3.18. The minimum atomic E-state index is -0.420. The summed E-state index contributed by atoms with van der Waals surface area (Å²) in [6.45, 7) is 5.80. The summed E-state index contributed by atoms with van der Waals surface area (Å²) in [5.74, 6) is 1.68. The summed E-state index contributed by atoms with van der Waals surface area (Å²) < 4.78 is 16.6. The number of aromatic nitrogens is 1. The number of hydrogen-bond acceptors (Lipinski definition) is 7. The number of thiazole rings is 1. The number of Topliss-reactive ketones (excluding diaryl/α,β-unsaturated/α-hetero) is 1. The minimum Gasteiger partial charge on any atom is -0.497 e. The SMILES string of the molecule is COc1ccc(OC)c(-c2csc(NC(=O)c3oc4c(c3C)C(=O)CC(C)(C)C4)n2)c1. The Morgan fingerprint density at radius 2 is 2.00 bits per heavy atom. The van der Waals surface area contributed by atoms with Crippen molar-refractivity contribution in [2.45, 2.75) is 33.6 Å². The molecule has 1 aliphatic rings. The van der Waals surface area contributed by atoms with Gasteiger partial charge in [0, 0.05) is 29.3 Å². The third-order valence-electron chi connectivity index (χ3n) is 5.39. The number of furan rings is 1. The molecule has 8 heteroatoms. The van der Waals surface area contributed by atoms with Gasteiger partial charge in [-0.25, -0.2) is 4.98 Å². The quantitative estimate of drug-likeness (QED) is 0.591. The van der Waals surface area contributed by atoms with Gasteiger partial charge in [-0.1, -0.05) is 13.8 Å². The van der Waals surface area contributed by atoms with E-state index in [4.69, 9.17) is 13.9 Å². The predicted octanol–water partition coefficient (Wildman–Crippen LogP) is 5.14. The van der Waals surface area contributed by atoms with Gasteiger partial charge in [0.15, 0.2) is 16.7 Å². The van der Waals surface area contributed by atoms with Gasteiger partial charge in [0.2, 0.25) is 0 Å². The van der Waals surface area contributed by atoms with E-state index >= 15 is 0 Å². The van der Waals surface area contributed by atoms with Crippen molar-refractivity contribution in [1.29, 1.82) is 0 Å². The van der Waals surface area contributed by atoms with Crippen molar-refractivity contribution < 1.29 is 23.5 Å². The number of nitrogens with zero attached hydrogens (tertiary/aromatic N) is 1. The Kier molecular flexibility index (Phi) is 5.35. The molecule has 0 fully saturated rings. The average Bonchev–Trinajstić information content (AvgIpc) is 3.30. The van der Waals surface area contributed by atoms with Crippen molar-refractivity contribution >= 4 is 28.2 Å². The molecule has 1 aliphatic carbocycles. The number of methoxy groups -OCH3 is 2. The van der Waals surface area contributed by atoms with Crippen molar-refractivity contribution in [3.8, 4) is 22.8 Å². The lowest BCUT2D eigenvalue weighted by Gasteiger charge is -2.27. The van der Waals surface area contributed by atoms with E-state index in [-0.39, 0.29) is 17.0 Å². The predicted molar refractivity (Wildman–Crippen MR) is 118 cm³/mol. The molecule has 0 radical (unpaired) electrons. The summed E-state index contributed by atoms with van der Waals surface area (Å²) in [5.41, 5.74) is 2.37. The number of nitrogens with one attached hydrogen (secondary N) is 1. The van der Waals surface area contributed by atoms with Crippen molar-refractivity contribution in [3.05, 3.63) is 46.2 Å². The van der Waals surface area contributed by atoms with Crippen molar-refractivity contribution in [1.82, 2.24) is 4.98 Å². The van der Waals surface area contributed by atoms with Gasteiger partial charge in [0.1, 0.15) is 17.3 Å². The molecule has 0 saturated carbocycles. The van der Waals surface area contributed by atoms with E-state index in [0.29, 0.717) is 52.1 Å². The molecular formula is C23H24N2O5S. The number of benzene rings is 1. The molecule has 1 aromatic carbocycles. The Morgan fingerprint density at radius 1 is 1.23 bits per heavy atom. The van der Waals surface area contributed by atoms with Crippen molar-refractivity contribution in [2.75, 3.05) is 19.5 Å². The van der Waals surface area contributed by atoms with Gasteiger partial charge < -0.3 is 13.9 Å². The highest BCUT2D eigenvalue weighted by molar-refractivity contribution is 7.14. The van der Waals surface area contributed by atoms with E-state index in [2.05, 4.69) is 10.3 Å². The lowest BCUT2D eigenvalue weighted by molar-refractivity contribution is 0.0898. The van der Waals surface area contributed by atoms with Crippen LogP contribution < -0.4 is 14.8 Å². The molecule has 4 rings (SSSR count). The zero-order valence-electron chi connectivity index (χ0n) is 18.1. The van der Waals surface area contributed by atoms with E-state index in [9.17, 15) is 9.59 Å². The highest BCUT2D eigenvalue weighted by atomic mass is 32.1. The molecule has 0 spiro atoms. The summed E-state index contributed by atoms with van der Waals surface area (Å²) in [6, 6.07) is 5.44. The number of carbonyl (C=O) groups is 2. The summed E-state index contributed by atoms with van der Waals surface area (Å²) in [4.78, 5) is 30.0. The van der Waals surface area contributed by atoms with Crippen molar-refractivity contribution in [3.63, 3.8) is 0 Å². The number of carbonyl (C=O) groups excluding carboxylic acids is 2. The molecule has 2 aromatic heterocycles. The maximum atomic E-state index is 12.9. The van der Waals surface area contributed by atoms with Crippen LogP contribution in [0, 0.1) is 12.3 Å². The maximum Gasteiger partial charge on any atom is 0.293 e. The molecular weight excluding hydrogens is 416 g/mol. The Labute approximate surface area is 184 Å². The monoisotopic (exact) mass is 440 g/mol. The van der Waals surface area contributed by atoms with Gasteiger partial charge in [-0.15, -0.1) is 11.3 Å². The molecule has 162 valence electrons. The largest absolute Gasteiger partial charge is 0.497 e. The molecule has 0 saturated heterocycles. The normalized spacial score (nSPS) is 14.8. The molecule has 2 heterocycles. The Balaban J connectivity index is 1.60. The number of fused-ring (bicyclic) bond motifs is 1. The molecule has 1 N–H and O–H groups in total. The second kappa shape index (κ2) is 7.85. The zero-order chi connectivity index (χ0) is 22.3. The number of hydrogen-bond donors (Lipinski definition) is 1. The topological polar surface area (TPSA) is 90.7 Å². The fourth-order valence-corrected chi connectivity index (χ4v) is 4.63. The number of rotatable bonds is 5. The van der Waals surface area contributed by atoms with E-state index in [1.54, 1.807) is 33.3 Å². The Bertz CT molecular complexity index is 1170. The van der Waals surface area contributed by atoms with E-state index in [0.717, 1.165) is 5.56 Å². The van der Waals surface area contributed by atoms with E-state index in [1.807, 2.05) is 25.3 Å². The van der Waals surface area contributed by atoms with Crippen LogP contribution in [0.5, 0.6) is 11.5 Å². The minimum absolute atomic E-state index is 0.0215. The molecule has 31 heavy (non-hydrogen) atoms. The lowest BCUT2D eigenvalue weighted by atomic mass is 9.76. The van der Waals surface area contributed by atoms with Gasteiger partial charge in [-0.3, -0.25) is 14.9 Å². The van der Waals surface area contributed by atoms with Crippen LogP contribution in [0.1, 0.15) is 52.5 Å². The number of amides is 1. The Morgan fingerprint density at radius 3 is 2.71 bits per heavy atom. The van der Waals surface area contributed by atoms with E-state index in [1.165, 1.54) is 11.3 Å². The molecule has 7 nitrogen and oxygen atoms in total. The number of anilines is 1. The van der Waals surface area contributed by atoms with E-state index < -0.39 is 5.91 Å². The van der Waals surface area contributed by atoms with Gasteiger partial charge in [-0.2, -0.15) is 0 Å². The van der Waals surface area contributed by atoms with Crippen LogP contribution in [0.25, 0.3) is 11.3 Å². The molecule has 3 aromatic rings. The molecule has 0 atom stereocenters. The molecule has 1 amide bonds. The third-order valence-corrected chi connectivity index (χ3v) is 6.15. The first-order valence-corrected chi connectivity index (χ1v) is 10.7. The highest BCUT2D eigenvalue weighted by Crippen LogP contribution is 2.39. The molecule has 0 bridgehead atoms. The van der Waals surface area contributed by atoms with Gasteiger partial charge in [0.25, 0.3) is 5.91 Å². The van der Waals surface area contributed by atoms with Crippen LogP contribution in [-0.2, 0) is 6.42 Å². The van der Waals surface area contributed by atoms with Crippen LogP contribution in [0.15, 0.2) is 28.0 Å². The van der Waals surface area contributed by atoms with Gasteiger partial charge in [-0.05, 0) is 30.5 Å². The van der Waals surface area contributed by atoms with Crippen LogP contribution in [-0.4, -0.2) is 30.9 Å². The van der Waals surface area contributed by atoms with Gasteiger partial charge in [0.05, 0.1) is 25.5 Å². The smallest absolute Gasteiger partial charge is 0.293 e. The fraction of sp³-hybridized carbons (Fsp3) is 0.348. The van der Waals surface area contributed by atoms with Crippen LogP contribution in [0.3, 0.4) is 0 Å². The number of ketones is 1. The highest BCUT2D eigenvalue weighted by Gasteiger charge is 2.37. The maximum absolute atomic E-state index is 12.9. The second-order valence-corrected chi connectivity index (χ2v) is 9.21. The van der Waals surface area contributed by atoms with Crippen LogP contribution >= 0.6 is 11.3 Å². The van der Waals surface area contributed by atoms with Crippen LogP contribution in [0.2, 0.25) is 0 Å². The fourth-order valence-electron chi connectivity index (χ4n) is 3.92. The summed E-state index contributed by atoms with van der Waals surface area (Å²) in [5, 5.41) is 5.05. The number of ether oxygens (including phenoxy) is 2. The summed E-state index contributed by atoms with van der Waals surface area (Å²) >= 11 is 1.29. The standard InChI is InChI=1S/C23H24N2O5S/c1-12-19-16(26)9-23(2,3)10-18(19)30-20(12)21(27)25-22-24-15(11-31-22)14-8-13(28-4)6-7-17(14)29-5/h6-8,11H,9-10H2,1-5H3,(H,24,25,27). The lowest BCUT2D eigenvalue weighted by Crippen LogP contribution is -2.26. The third kappa shape index (κ3) is 3.95. The first-order valence-electron chi connectivity index (χ1n) is 9.87. The first-order chi connectivity index (χ1) is 14.7. The second-order valence-electron chi connectivity index (χ2n) is 8.35. The summed E-state index contributed by atoms with van der Waals surface area (Å²) in [6.07, 6.45) is 1.07. The molecule has 0 unspecified atom stereocenters. The van der Waals surface area contributed by atoms with Gasteiger partial charge >= 0.3 is 0 Å². The average molecular weight is 441 g/mol. The van der Waals surface area contributed by atoms with Crippen LogP contribution in [0.4, 0.5) is 5.13 Å². The Hall–Kier alpha value is -3.13.